The molecular weight excluding hydrogens is 732 g/mol. The molecule has 4 rings (SSSR count). The summed E-state index contributed by atoms with van der Waals surface area (Å²) in [5, 5.41) is 17.3. The van der Waals surface area contributed by atoms with Gasteiger partial charge in [0.25, 0.3) is 29.5 Å². The highest BCUT2D eigenvalue weighted by molar-refractivity contribution is 6.01. The van der Waals surface area contributed by atoms with Crippen LogP contribution in [0.15, 0.2) is 72.8 Å². The van der Waals surface area contributed by atoms with Crippen molar-refractivity contribution in [1.82, 2.24) is 21.0 Å². The molecule has 17 nitrogen and oxygen atoms in total. The minimum atomic E-state index is -1.20. The Bertz CT molecular complexity index is 1690. The first-order valence-corrected chi connectivity index (χ1v) is 15.6. The van der Waals surface area contributed by atoms with Crippen LogP contribution in [0.2, 0.25) is 0 Å². The van der Waals surface area contributed by atoms with Crippen molar-refractivity contribution in [2.45, 2.75) is 70.2 Å². The van der Waals surface area contributed by atoms with Crippen LogP contribution in [0.4, 0.5) is 4.79 Å². The predicted molar refractivity (Wildman–Crippen MR) is 206 cm³/mol. The number of ether oxygens (including phenoxy) is 2. The van der Waals surface area contributed by atoms with Crippen LogP contribution in [0.1, 0.15) is 101 Å². The number of phenols is 1. The van der Waals surface area contributed by atoms with Crippen molar-refractivity contribution in [3.8, 4) is 17.2 Å². The van der Waals surface area contributed by atoms with Gasteiger partial charge in [-0.15, -0.1) is 0 Å². The van der Waals surface area contributed by atoms with Crippen molar-refractivity contribution in [2.24, 2.45) is 0 Å². The minimum absolute atomic E-state index is 0. The second-order valence-corrected chi connectivity index (χ2v) is 9.88. The smallest absolute Gasteiger partial charge is 0.508 e. The van der Waals surface area contributed by atoms with Crippen LogP contribution in [0.3, 0.4) is 0 Å². The zero-order valence-corrected chi connectivity index (χ0v) is 28.8. The Labute approximate surface area is 327 Å². The van der Waals surface area contributed by atoms with E-state index in [0.29, 0.717) is 47.1 Å². The Morgan fingerprint density at radius 2 is 0.911 bits per heavy atom. The van der Waals surface area contributed by atoms with E-state index in [2.05, 4.69) is 20.8 Å². The van der Waals surface area contributed by atoms with Crippen molar-refractivity contribution in [3.05, 3.63) is 89.5 Å². The lowest BCUT2D eigenvalue weighted by atomic mass is 10.2. The summed E-state index contributed by atoms with van der Waals surface area (Å²) in [5.41, 5.74) is 1.52. The first-order valence-electron chi connectivity index (χ1n) is 15.6. The Morgan fingerprint density at radius 3 is 1.21 bits per heavy atom. The summed E-state index contributed by atoms with van der Waals surface area (Å²) in [7, 11) is 0. The molecule has 3 aromatic carbocycles. The molecule has 0 spiro atoms. The highest BCUT2D eigenvalue weighted by Crippen LogP contribution is 2.16. The lowest BCUT2D eigenvalue weighted by Gasteiger charge is -2.12. The third kappa shape index (κ3) is 21.0. The summed E-state index contributed by atoms with van der Waals surface area (Å²) >= 11 is 0. The van der Waals surface area contributed by atoms with E-state index in [1.807, 2.05) is 13.8 Å². The van der Waals surface area contributed by atoms with E-state index >= 15 is 0 Å². The van der Waals surface area contributed by atoms with E-state index < -0.39 is 18.0 Å². The number of hydroxylamine groups is 2. The van der Waals surface area contributed by atoms with Crippen LogP contribution in [0.25, 0.3) is 0 Å². The Morgan fingerprint density at radius 1 is 0.607 bits per heavy atom. The number of hydrogen-bond acceptors (Lipinski definition) is 13. The number of nitrogens with one attached hydrogen (secondary N) is 3. The normalized spacial score (nSPS) is 10.2. The van der Waals surface area contributed by atoms with Crippen LogP contribution in [-0.2, 0) is 28.8 Å². The second-order valence-electron chi connectivity index (χ2n) is 9.88. The van der Waals surface area contributed by atoms with Gasteiger partial charge < -0.3 is 30.5 Å². The number of hydrogen-bond donors (Lipinski definition) is 4. The van der Waals surface area contributed by atoms with Crippen molar-refractivity contribution in [2.75, 3.05) is 19.6 Å². The number of imide groups is 1. The average Bonchev–Trinajstić information content (AvgIpc) is 3.42. The maximum Gasteiger partial charge on any atom is 0.539 e. The summed E-state index contributed by atoms with van der Waals surface area (Å²) < 4.78 is 9.67. The molecule has 1 fully saturated rings. The van der Waals surface area contributed by atoms with Gasteiger partial charge in [0.05, 0.1) is 0 Å². The molecule has 308 valence electrons. The number of amides is 5. The molecule has 0 atom stereocenters. The van der Waals surface area contributed by atoms with Crippen LogP contribution < -0.4 is 25.4 Å². The molecule has 0 aliphatic carbocycles. The molecule has 3 aromatic rings. The predicted octanol–water partition coefficient (Wildman–Crippen LogP) is 5.48. The van der Waals surface area contributed by atoms with Gasteiger partial charge >= 0.3 is 18.3 Å². The van der Waals surface area contributed by atoms with E-state index in [9.17, 15) is 33.6 Å². The fourth-order valence-electron chi connectivity index (χ4n) is 3.76. The molecule has 0 saturated carbocycles. The third-order valence-corrected chi connectivity index (χ3v) is 6.01. The summed E-state index contributed by atoms with van der Waals surface area (Å²) in [4.78, 5) is 99.6. The average molecular weight is 787 g/mol. The monoisotopic (exact) mass is 786 g/mol. The molecule has 4 N–H and O–H groups in total. The van der Waals surface area contributed by atoms with Gasteiger partial charge in [0.1, 0.15) is 17.2 Å². The second kappa shape index (κ2) is 30.6. The lowest BCUT2D eigenvalue weighted by Crippen LogP contribution is -2.33. The van der Waals surface area contributed by atoms with Gasteiger partial charge in [-0.1, -0.05) is 34.8 Å². The van der Waals surface area contributed by atoms with Gasteiger partial charge in [-0.2, -0.15) is 9.59 Å². The molecule has 17 heteroatoms. The van der Waals surface area contributed by atoms with Gasteiger partial charge in [-0.05, 0) is 93.6 Å². The number of esters is 1. The highest BCUT2D eigenvalue weighted by Gasteiger charge is 2.33. The van der Waals surface area contributed by atoms with Gasteiger partial charge in [0, 0.05) is 56.1 Å². The number of carbonyl (C=O) groups excluding carboxylic acids is 9. The van der Waals surface area contributed by atoms with Crippen LogP contribution in [0.5, 0.6) is 17.2 Å². The van der Waals surface area contributed by atoms with Crippen LogP contribution in [-0.4, -0.2) is 77.6 Å². The first kappa shape index (κ1) is 55.9. The molecule has 56 heavy (non-hydrogen) atoms. The fraction of sp³-hybridized carbons (Fsp3) is 0.333. The largest absolute Gasteiger partial charge is 0.539 e. The molecule has 1 heterocycles. The third-order valence-electron chi connectivity index (χ3n) is 6.01. The maximum absolute atomic E-state index is 11.6. The fourth-order valence-corrected chi connectivity index (χ4v) is 3.76. The zero-order valence-electron chi connectivity index (χ0n) is 28.8. The van der Waals surface area contributed by atoms with Crippen LogP contribution >= 0.6 is 0 Å². The number of benzene rings is 3. The van der Waals surface area contributed by atoms with E-state index in [0.717, 1.165) is 0 Å². The lowest BCUT2D eigenvalue weighted by molar-refractivity contribution is -0.191. The van der Waals surface area contributed by atoms with Crippen molar-refractivity contribution in [3.63, 3.8) is 0 Å². The molecule has 0 aromatic heterocycles. The summed E-state index contributed by atoms with van der Waals surface area (Å²) in [6.45, 7) is 8.54. The molecule has 0 bridgehead atoms. The molecule has 1 aliphatic rings. The molecule has 1 saturated heterocycles. The SMILES string of the molecule is C.C.C.C.CCNC(=O)c1ccc(O)cc1.CCNC(=O)c1ccc(OC(=O)ON2C(=O)CCC2=O)cc1.CCNC(=O)c1ccc(OC(C)=O)cc1.O=C=O. The van der Waals surface area contributed by atoms with E-state index in [4.69, 9.17) is 24.2 Å². The highest BCUT2D eigenvalue weighted by atomic mass is 16.8. The van der Waals surface area contributed by atoms with Gasteiger partial charge in [-0.3, -0.25) is 33.6 Å². The minimum Gasteiger partial charge on any atom is -0.508 e. The van der Waals surface area contributed by atoms with E-state index in [1.54, 1.807) is 43.3 Å². The standard InChI is InChI=1S/C14H14N2O6.C11H13NO3.C9H11NO2.CO2.4CH4/c1-2-15-13(19)9-3-5-10(6-4-9)21-14(20)22-16-11(17)7-8-12(16)18;1-3-12-11(14)9-4-6-10(7-5-9)15-8(2)13;1-2-10-9(12)7-3-5-8(11)6-4-7;2-1-3;;;;/h3-6H,2,7-8H2,1H3,(H,15,19);4-7H,3H2,1-2H3,(H,12,14);3-6,11H,2H2,1H3,(H,10,12);;4*1H4. The van der Waals surface area contributed by atoms with Gasteiger partial charge in [0.2, 0.25) is 0 Å². The maximum atomic E-state index is 11.6. The van der Waals surface area contributed by atoms with E-state index in [1.165, 1.54) is 43.3 Å². The summed E-state index contributed by atoms with van der Waals surface area (Å²) in [6, 6.07) is 18.3. The first-order chi connectivity index (χ1) is 24.8. The van der Waals surface area contributed by atoms with Gasteiger partial charge in [0.15, 0.2) is 0 Å². The topological polar surface area (TPSA) is 241 Å². The van der Waals surface area contributed by atoms with Crippen molar-refractivity contribution >= 4 is 47.8 Å². The van der Waals surface area contributed by atoms with E-state index in [-0.39, 0.29) is 83.9 Å². The number of carbonyl (C=O) groups is 7. The van der Waals surface area contributed by atoms with Gasteiger partial charge in [-0.25, -0.2) is 4.79 Å². The molecule has 5 amide bonds. The number of rotatable bonds is 9. The Hall–Kier alpha value is -6.87. The summed E-state index contributed by atoms with van der Waals surface area (Å²) in [6.07, 6.45) is -0.935. The molecule has 1 aliphatic heterocycles. The van der Waals surface area contributed by atoms with Crippen molar-refractivity contribution < 1.29 is 62.6 Å². The van der Waals surface area contributed by atoms with Crippen LogP contribution in [0, 0.1) is 0 Å². The Balaban J connectivity index is -0.000000352. The number of phenolic OH excluding ortho intramolecular Hbond substituents is 1. The number of aromatic hydroxyl groups is 1. The quantitative estimate of drug-likeness (QED) is 0.0910. The zero-order chi connectivity index (χ0) is 39.1. The molecule has 0 radical (unpaired) electrons. The molecular formula is C39H54N4O13. The molecule has 0 unspecified atom stereocenters. The van der Waals surface area contributed by atoms with Crippen molar-refractivity contribution in [1.29, 1.82) is 0 Å². The Kier molecular flexibility index (Phi) is 30.5. The summed E-state index contributed by atoms with van der Waals surface area (Å²) in [5.74, 6) is -1.31. The number of nitrogens with zero attached hydrogens (tertiary/aromatic N) is 1.